The highest BCUT2D eigenvalue weighted by Gasteiger charge is 2.44. The van der Waals surface area contributed by atoms with E-state index in [1.165, 1.54) is 13.0 Å². The van der Waals surface area contributed by atoms with Crippen LogP contribution < -0.4 is 0 Å². The number of hydrogen-bond acceptors (Lipinski definition) is 3. The molecule has 0 bridgehead atoms. The lowest BCUT2D eigenvalue weighted by molar-refractivity contribution is -0.164. The summed E-state index contributed by atoms with van der Waals surface area (Å²) in [6.45, 7) is 10.3. The molecule has 0 aromatic carbocycles. The van der Waals surface area contributed by atoms with Gasteiger partial charge in [0.25, 0.3) is 0 Å². The number of esters is 1. The van der Waals surface area contributed by atoms with Crippen molar-refractivity contribution < 1.29 is 14.6 Å². The molecule has 0 fully saturated rings. The van der Waals surface area contributed by atoms with Crippen molar-refractivity contribution in [3.05, 3.63) is 12.7 Å². The Balaban J connectivity index is 4.74. The summed E-state index contributed by atoms with van der Waals surface area (Å²) in [6, 6.07) is 0. The van der Waals surface area contributed by atoms with Gasteiger partial charge in [-0.05, 0) is 27.7 Å². The molecule has 0 aliphatic rings. The largest absolute Gasteiger partial charge is 0.465 e. The number of aliphatic hydroxyl groups is 1. The zero-order chi connectivity index (χ0) is 10.7. The Hall–Kier alpha value is -0.830. The Labute approximate surface area is 79.4 Å². The van der Waals surface area contributed by atoms with Crippen LogP contribution >= 0.6 is 0 Å². The van der Waals surface area contributed by atoms with Gasteiger partial charge in [0.1, 0.15) is 0 Å². The molecule has 0 aromatic heterocycles. The van der Waals surface area contributed by atoms with Crippen LogP contribution in [0.1, 0.15) is 27.7 Å². The van der Waals surface area contributed by atoms with Crippen LogP contribution in [-0.2, 0) is 9.53 Å². The van der Waals surface area contributed by atoms with Crippen molar-refractivity contribution in [2.45, 2.75) is 33.3 Å². The van der Waals surface area contributed by atoms with Gasteiger partial charge in [0.15, 0.2) is 0 Å². The summed E-state index contributed by atoms with van der Waals surface area (Å²) < 4.78 is 4.85. The van der Waals surface area contributed by atoms with E-state index in [2.05, 4.69) is 6.58 Å². The number of ether oxygens (including phenoxy) is 1. The van der Waals surface area contributed by atoms with Crippen LogP contribution in [0.5, 0.6) is 0 Å². The van der Waals surface area contributed by atoms with Gasteiger partial charge in [-0.1, -0.05) is 6.08 Å². The highest BCUT2D eigenvalue weighted by atomic mass is 16.5. The number of carbonyl (C=O) groups excluding carboxylic acids is 1. The Morgan fingerprint density at radius 2 is 2.00 bits per heavy atom. The first-order chi connectivity index (χ1) is 5.79. The van der Waals surface area contributed by atoms with Gasteiger partial charge in [0.2, 0.25) is 0 Å². The Kier molecular flexibility index (Phi) is 3.67. The van der Waals surface area contributed by atoms with Crippen molar-refractivity contribution in [1.82, 2.24) is 0 Å². The van der Waals surface area contributed by atoms with Gasteiger partial charge in [-0.2, -0.15) is 0 Å². The topological polar surface area (TPSA) is 46.5 Å². The van der Waals surface area contributed by atoms with E-state index in [4.69, 9.17) is 4.74 Å². The fraction of sp³-hybridized carbons (Fsp3) is 0.700. The van der Waals surface area contributed by atoms with Crippen molar-refractivity contribution in [1.29, 1.82) is 0 Å². The molecular weight excluding hydrogens is 168 g/mol. The summed E-state index contributed by atoms with van der Waals surface area (Å²) >= 11 is 0. The lowest BCUT2D eigenvalue weighted by Crippen LogP contribution is -2.46. The maximum atomic E-state index is 11.4. The predicted octanol–water partition coefficient (Wildman–Crippen LogP) is 1.51. The van der Waals surface area contributed by atoms with Crippen LogP contribution in [0.4, 0.5) is 0 Å². The van der Waals surface area contributed by atoms with E-state index in [0.717, 1.165) is 0 Å². The number of carbonyl (C=O) groups is 1. The SMILES string of the molecule is C=CC(C)(O)C(C)(C)C(=O)OCC. The second kappa shape index (κ2) is 3.92. The second-order valence-corrected chi connectivity index (χ2v) is 3.70. The molecular formula is C10H18O3. The van der Waals surface area contributed by atoms with Crippen LogP contribution in [0, 0.1) is 5.41 Å². The molecule has 0 saturated carbocycles. The molecule has 0 radical (unpaired) electrons. The van der Waals surface area contributed by atoms with E-state index < -0.39 is 17.0 Å². The van der Waals surface area contributed by atoms with Gasteiger partial charge in [0, 0.05) is 0 Å². The zero-order valence-electron chi connectivity index (χ0n) is 8.76. The Bertz CT molecular complexity index is 204. The van der Waals surface area contributed by atoms with Gasteiger partial charge < -0.3 is 9.84 Å². The highest BCUT2D eigenvalue weighted by Crippen LogP contribution is 2.32. The Morgan fingerprint density at radius 1 is 1.54 bits per heavy atom. The smallest absolute Gasteiger partial charge is 0.314 e. The van der Waals surface area contributed by atoms with Gasteiger partial charge in [-0.15, -0.1) is 6.58 Å². The van der Waals surface area contributed by atoms with Crippen molar-refractivity contribution in [2.75, 3.05) is 6.61 Å². The molecule has 76 valence electrons. The standard InChI is InChI=1S/C10H18O3/c1-6-10(5,12)9(3,4)8(11)13-7-2/h6,12H,1,7H2,2-5H3. The lowest BCUT2D eigenvalue weighted by Gasteiger charge is -2.35. The normalized spacial score (nSPS) is 16.1. The highest BCUT2D eigenvalue weighted by molar-refractivity contribution is 5.77. The maximum Gasteiger partial charge on any atom is 0.314 e. The summed E-state index contributed by atoms with van der Waals surface area (Å²) in [7, 11) is 0. The van der Waals surface area contributed by atoms with Gasteiger partial charge in [-0.25, -0.2) is 0 Å². The minimum absolute atomic E-state index is 0.315. The third-order valence-corrected chi connectivity index (χ3v) is 2.45. The van der Waals surface area contributed by atoms with E-state index in [9.17, 15) is 9.90 Å². The molecule has 0 aliphatic carbocycles. The average Bonchev–Trinajstić information content (AvgIpc) is 2.04. The summed E-state index contributed by atoms with van der Waals surface area (Å²) in [6.07, 6.45) is 1.35. The summed E-state index contributed by atoms with van der Waals surface area (Å²) in [5, 5.41) is 9.83. The molecule has 1 atom stereocenters. The minimum Gasteiger partial charge on any atom is -0.465 e. The van der Waals surface area contributed by atoms with E-state index in [1.807, 2.05) is 0 Å². The first-order valence-electron chi connectivity index (χ1n) is 4.32. The van der Waals surface area contributed by atoms with Gasteiger partial charge in [-0.3, -0.25) is 4.79 Å². The zero-order valence-corrected chi connectivity index (χ0v) is 8.76. The molecule has 1 unspecified atom stereocenters. The van der Waals surface area contributed by atoms with Crippen LogP contribution in [0.2, 0.25) is 0 Å². The monoisotopic (exact) mass is 186 g/mol. The molecule has 0 aromatic rings. The van der Waals surface area contributed by atoms with Crippen molar-refractivity contribution in [3.8, 4) is 0 Å². The molecule has 1 N–H and O–H groups in total. The summed E-state index contributed by atoms with van der Waals surface area (Å²) in [5.41, 5.74) is -2.22. The molecule has 0 heterocycles. The predicted molar refractivity (Wildman–Crippen MR) is 51.2 cm³/mol. The average molecular weight is 186 g/mol. The van der Waals surface area contributed by atoms with E-state index >= 15 is 0 Å². The molecule has 3 nitrogen and oxygen atoms in total. The van der Waals surface area contributed by atoms with Crippen molar-refractivity contribution >= 4 is 5.97 Å². The third kappa shape index (κ3) is 2.31. The van der Waals surface area contributed by atoms with Crippen molar-refractivity contribution in [2.24, 2.45) is 5.41 Å². The van der Waals surface area contributed by atoms with Gasteiger partial charge in [0.05, 0.1) is 17.6 Å². The molecule has 0 aliphatic heterocycles. The fourth-order valence-electron chi connectivity index (χ4n) is 0.773. The minimum atomic E-state index is -1.25. The quantitative estimate of drug-likeness (QED) is 0.534. The summed E-state index contributed by atoms with van der Waals surface area (Å²) in [4.78, 5) is 11.4. The Morgan fingerprint density at radius 3 is 2.31 bits per heavy atom. The number of hydrogen-bond donors (Lipinski definition) is 1. The summed E-state index contributed by atoms with van der Waals surface area (Å²) in [5.74, 6) is -0.417. The second-order valence-electron chi connectivity index (χ2n) is 3.70. The van der Waals surface area contributed by atoms with E-state index in [0.29, 0.717) is 6.61 Å². The van der Waals surface area contributed by atoms with Crippen LogP contribution in [0.25, 0.3) is 0 Å². The molecule has 3 heteroatoms. The first-order valence-corrected chi connectivity index (χ1v) is 4.32. The van der Waals surface area contributed by atoms with Crippen LogP contribution in [0.3, 0.4) is 0 Å². The maximum absolute atomic E-state index is 11.4. The van der Waals surface area contributed by atoms with E-state index in [1.54, 1.807) is 20.8 Å². The van der Waals surface area contributed by atoms with Crippen LogP contribution in [0.15, 0.2) is 12.7 Å². The lowest BCUT2D eigenvalue weighted by atomic mass is 9.76. The molecule has 0 saturated heterocycles. The van der Waals surface area contributed by atoms with Gasteiger partial charge >= 0.3 is 5.97 Å². The van der Waals surface area contributed by atoms with Crippen LogP contribution in [-0.4, -0.2) is 23.3 Å². The molecule has 0 spiro atoms. The van der Waals surface area contributed by atoms with E-state index in [-0.39, 0.29) is 0 Å². The third-order valence-electron chi connectivity index (χ3n) is 2.45. The molecule has 0 amide bonds. The first kappa shape index (κ1) is 12.2. The number of rotatable bonds is 4. The van der Waals surface area contributed by atoms with Crippen molar-refractivity contribution in [3.63, 3.8) is 0 Å². The fourth-order valence-corrected chi connectivity index (χ4v) is 0.773. The molecule has 13 heavy (non-hydrogen) atoms. The molecule has 0 rings (SSSR count).